The molecule has 0 aliphatic carbocycles. The van der Waals surface area contributed by atoms with Gasteiger partial charge < -0.3 is 42.6 Å². The number of esters is 3. The van der Waals surface area contributed by atoms with Crippen molar-refractivity contribution in [2.45, 2.75) is 75.7 Å². The van der Waals surface area contributed by atoms with Gasteiger partial charge in [0.15, 0.2) is 12.0 Å². The SMILES string of the molecule is COC(=O)[C@@H]1OC=C(OC(=O)c2ccccc2)[C@@H](OCc2ccccc2)[C@@H]1O[C@H]1O[C@H](COC(C)=O)[C@@H](OCc2ccccc2)[C@H](OCc2ccccc2)[C@H]1N=[N+]=[N-]. The van der Waals surface area contributed by atoms with E-state index in [9.17, 15) is 19.9 Å². The Bertz CT molecular complexity index is 2020. The second kappa shape index (κ2) is 20.9. The molecule has 4 aromatic rings. The minimum Gasteiger partial charge on any atom is -0.480 e. The van der Waals surface area contributed by atoms with E-state index in [-0.39, 0.29) is 37.8 Å². The van der Waals surface area contributed by atoms with Gasteiger partial charge in [-0.3, -0.25) is 4.79 Å². The first kappa shape index (κ1) is 41.6. The molecule has 0 spiro atoms. The van der Waals surface area contributed by atoms with E-state index in [1.54, 1.807) is 30.3 Å². The fourth-order valence-electron chi connectivity index (χ4n) is 6.41. The number of nitrogens with zero attached hydrogens (tertiary/aromatic N) is 3. The summed E-state index contributed by atoms with van der Waals surface area (Å²) in [4.78, 5) is 42.1. The van der Waals surface area contributed by atoms with Gasteiger partial charge in [-0.05, 0) is 34.4 Å². The Labute approximate surface area is 334 Å². The third kappa shape index (κ3) is 11.1. The van der Waals surface area contributed by atoms with E-state index in [1.165, 1.54) is 14.0 Å². The molecule has 58 heavy (non-hydrogen) atoms. The molecule has 0 amide bonds. The molecule has 0 aromatic heterocycles. The normalized spacial score (nSPS) is 23.9. The van der Waals surface area contributed by atoms with Crippen LogP contribution in [0.3, 0.4) is 0 Å². The molecule has 15 heteroatoms. The lowest BCUT2D eigenvalue weighted by molar-refractivity contribution is -0.309. The summed E-state index contributed by atoms with van der Waals surface area (Å²) in [6.07, 6.45) is -7.77. The molecule has 2 heterocycles. The summed E-state index contributed by atoms with van der Waals surface area (Å²) in [7, 11) is 1.17. The van der Waals surface area contributed by atoms with Gasteiger partial charge in [-0.25, -0.2) is 9.59 Å². The van der Waals surface area contributed by atoms with Crippen molar-refractivity contribution in [2.75, 3.05) is 13.7 Å². The smallest absolute Gasteiger partial charge is 0.349 e. The summed E-state index contributed by atoms with van der Waals surface area (Å²) >= 11 is 0. The van der Waals surface area contributed by atoms with Crippen LogP contribution in [0.25, 0.3) is 10.4 Å². The first-order chi connectivity index (χ1) is 28.3. The van der Waals surface area contributed by atoms with E-state index in [0.717, 1.165) is 23.0 Å². The highest BCUT2D eigenvalue weighted by Crippen LogP contribution is 2.35. The molecular weight excluding hydrogens is 750 g/mol. The molecule has 0 bridgehead atoms. The Morgan fingerprint density at radius 2 is 1.26 bits per heavy atom. The van der Waals surface area contributed by atoms with Crippen molar-refractivity contribution in [3.8, 4) is 0 Å². The molecule has 8 atom stereocenters. The van der Waals surface area contributed by atoms with Crippen LogP contribution in [-0.2, 0) is 72.0 Å². The van der Waals surface area contributed by atoms with Crippen LogP contribution in [-0.4, -0.2) is 80.6 Å². The molecule has 0 radical (unpaired) electrons. The van der Waals surface area contributed by atoms with Crippen LogP contribution in [0.1, 0.15) is 34.0 Å². The molecule has 15 nitrogen and oxygen atoms in total. The highest BCUT2D eigenvalue weighted by molar-refractivity contribution is 5.90. The number of benzene rings is 4. The summed E-state index contributed by atoms with van der Waals surface area (Å²) < 4.78 is 54.7. The second-order valence-electron chi connectivity index (χ2n) is 13.2. The van der Waals surface area contributed by atoms with E-state index in [4.69, 9.17) is 42.6 Å². The Morgan fingerprint density at radius 3 is 1.79 bits per heavy atom. The summed E-state index contributed by atoms with van der Waals surface area (Å²) in [5.74, 6) is -2.29. The van der Waals surface area contributed by atoms with Crippen LogP contribution in [0.4, 0.5) is 0 Å². The standard InChI is InChI=1S/C43H43N3O12/c1-28(47)51-26-34-36(52-23-29-15-7-3-8-16-29)38(54-25-31-19-11-5-12-20-31)35(45-46-44)43(57-34)58-39-37(53-24-30-17-9-4-10-18-30)33(27-55-40(39)42(49)50-2)56-41(48)32-21-13-6-14-22-32/h3-22,27,34-40,43H,23-26H2,1-2H3/t34-,35-,36-,37-,38-,39+,40-,43-/m1/s1. The van der Waals surface area contributed by atoms with Crippen molar-refractivity contribution >= 4 is 17.9 Å². The molecule has 0 saturated carbocycles. The van der Waals surface area contributed by atoms with Crippen molar-refractivity contribution in [3.63, 3.8) is 0 Å². The summed E-state index contributed by atoms with van der Waals surface area (Å²) in [6.45, 7) is 1.09. The maximum atomic E-state index is 13.4. The first-order valence-corrected chi connectivity index (χ1v) is 18.5. The molecule has 1 saturated heterocycles. The van der Waals surface area contributed by atoms with Gasteiger partial charge in [0.1, 0.15) is 49.4 Å². The predicted octanol–water partition coefficient (Wildman–Crippen LogP) is 6.36. The van der Waals surface area contributed by atoms with Crippen molar-refractivity contribution in [3.05, 3.63) is 166 Å². The quantitative estimate of drug-likeness (QED) is 0.0380. The Kier molecular flexibility index (Phi) is 15.0. The largest absolute Gasteiger partial charge is 0.480 e. The number of carbonyl (C=O) groups excluding carboxylic acids is 3. The van der Waals surface area contributed by atoms with Crippen LogP contribution in [0.15, 0.2) is 138 Å². The van der Waals surface area contributed by atoms with Gasteiger partial charge in [-0.1, -0.05) is 114 Å². The fraction of sp³-hybridized carbons (Fsp3) is 0.326. The number of rotatable bonds is 17. The van der Waals surface area contributed by atoms with Crippen molar-refractivity contribution < 1.29 is 57.0 Å². The highest BCUT2D eigenvalue weighted by Gasteiger charge is 2.53. The van der Waals surface area contributed by atoms with E-state index >= 15 is 0 Å². The van der Waals surface area contributed by atoms with Gasteiger partial charge in [0, 0.05) is 11.8 Å². The highest BCUT2D eigenvalue weighted by atomic mass is 16.7. The van der Waals surface area contributed by atoms with Crippen LogP contribution >= 0.6 is 0 Å². The molecule has 2 aliphatic heterocycles. The molecule has 2 aliphatic rings. The maximum absolute atomic E-state index is 13.4. The van der Waals surface area contributed by atoms with Gasteiger partial charge >= 0.3 is 17.9 Å². The average molecular weight is 794 g/mol. The minimum atomic E-state index is -1.51. The van der Waals surface area contributed by atoms with E-state index < -0.39 is 66.9 Å². The van der Waals surface area contributed by atoms with Crippen LogP contribution in [0.2, 0.25) is 0 Å². The monoisotopic (exact) mass is 793 g/mol. The Hall–Kier alpha value is -6.06. The maximum Gasteiger partial charge on any atom is 0.349 e. The molecular formula is C43H43N3O12. The third-order valence-electron chi connectivity index (χ3n) is 9.25. The fourth-order valence-corrected chi connectivity index (χ4v) is 6.41. The average Bonchev–Trinajstić information content (AvgIpc) is 3.26. The number of hydrogen-bond donors (Lipinski definition) is 0. The Balaban J connectivity index is 1.38. The number of azide groups is 1. The van der Waals surface area contributed by atoms with Crippen LogP contribution in [0, 0.1) is 0 Å². The van der Waals surface area contributed by atoms with Gasteiger partial charge in [0.25, 0.3) is 0 Å². The molecule has 1 fully saturated rings. The zero-order valence-electron chi connectivity index (χ0n) is 31.8. The Morgan fingerprint density at radius 1 is 0.724 bits per heavy atom. The van der Waals surface area contributed by atoms with E-state index in [0.29, 0.717) is 0 Å². The van der Waals surface area contributed by atoms with Gasteiger partial charge in [-0.15, -0.1) is 0 Å². The van der Waals surface area contributed by atoms with Gasteiger partial charge in [0.2, 0.25) is 6.10 Å². The lowest BCUT2D eigenvalue weighted by atomic mass is 9.96. The summed E-state index contributed by atoms with van der Waals surface area (Å²) in [6, 6.07) is 34.8. The molecule has 4 aromatic carbocycles. The van der Waals surface area contributed by atoms with Crippen molar-refractivity contribution in [1.82, 2.24) is 0 Å². The van der Waals surface area contributed by atoms with Crippen molar-refractivity contribution in [2.24, 2.45) is 5.11 Å². The lowest BCUT2D eigenvalue weighted by Crippen LogP contribution is -2.62. The summed E-state index contributed by atoms with van der Waals surface area (Å²) in [5, 5.41) is 4.09. The zero-order chi connectivity index (χ0) is 40.7. The van der Waals surface area contributed by atoms with E-state index in [1.807, 2.05) is 91.0 Å². The zero-order valence-corrected chi connectivity index (χ0v) is 31.8. The second-order valence-corrected chi connectivity index (χ2v) is 13.2. The van der Waals surface area contributed by atoms with Gasteiger partial charge in [0.05, 0.1) is 32.5 Å². The lowest BCUT2D eigenvalue weighted by Gasteiger charge is -2.46. The predicted molar refractivity (Wildman–Crippen MR) is 205 cm³/mol. The number of hydrogen-bond acceptors (Lipinski definition) is 13. The first-order valence-electron chi connectivity index (χ1n) is 18.5. The number of methoxy groups -OCH3 is 1. The van der Waals surface area contributed by atoms with Crippen LogP contribution < -0.4 is 0 Å². The number of ether oxygens (including phenoxy) is 9. The molecule has 0 unspecified atom stereocenters. The molecule has 6 rings (SSSR count). The van der Waals surface area contributed by atoms with Crippen molar-refractivity contribution in [1.29, 1.82) is 0 Å². The van der Waals surface area contributed by atoms with E-state index in [2.05, 4.69) is 10.0 Å². The molecule has 0 N–H and O–H groups in total. The molecule has 302 valence electrons. The minimum absolute atomic E-state index is 0.0158. The third-order valence-corrected chi connectivity index (χ3v) is 9.25. The van der Waals surface area contributed by atoms with Gasteiger partial charge in [-0.2, -0.15) is 0 Å². The topological polar surface area (TPSA) is 183 Å². The number of carbonyl (C=O) groups is 3. The van der Waals surface area contributed by atoms with Crippen LogP contribution in [0.5, 0.6) is 0 Å². The summed E-state index contributed by atoms with van der Waals surface area (Å²) in [5.41, 5.74) is 12.6.